The van der Waals surface area contributed by atoms with Gasteiger partial charge < -0.3 is 4.90 Å². The van der Waals surface area contributed by atoms with Crippen LogP contribution in [0.25, 0.3) is 0 Å². The molecule has 4 heterocycles. The number of carbonyl (C=O) groups excluding carboxylic acids is 1. The van der Waals surface area contributed by atoms with Crippen LogP contribution in [0, 0.1) is 0 Å². The third-order valence-electron chi connectivity index (χ3n) is 4.25. The summed E-state index contributed by atoms with van der Waals surface area (Å²) in [6, 6.07) is 0.735. The van der Waals surface area contributed by atoms with E-state index in [4.69, 9.17) is 0 Å². The summed E-state index contributed by atoms with van der Waals surface area (Å²) in [6.45, 7) is 8.51. The van der Waals surface area contributed by atoms with Gasteiger partial charge in [0.05, 0.1) is 0 Å². The van der Waals surface area contributed by atoms with Crippen molar-refractivity contribution >= 4 is 6.03 Å². The molecule has 2 atom stereocenters. The van der Waals surface area contributed by atoms with Gasteiger partial charge in [-0.25, -0.2) is 9.78 Å². The van der Waals surface area contributed by atoms with Crippen LogP contribution in [0.1, 0.15) is 33.6 Å². The minimum absolute atomic E-state index is 0.0410. The summed E-state index contributed by atoms with van der Waals surface area (Å²) < 4.78 is 1.34. The minimum atomic E-state index is -0.0410. The van der Waals surface area contributed by atoms with E-state index in [9.17, 15) is 4.79 Å². The van der Waals surface area contributed by atoms with Crippen LogP contribution in [-0.2, 0) is 0 Å². The van der Waals surface area contributed by atoms with E-state index in [1.54, 1.807) is 0 Å². The molecule has 3 aliphatic heterocycles. The molecular formula is C13H21N5O. The van der Waals surface area contributed by atoms with Crippen molar-refractivity contribution in [2.45, 2.75) is 51.2 Å². The summed E-state index contributed by atoms with van der Waals surface area (Å²) in [5, 5.41) is 3.94. The summed E-state index contributed by atoms with van der Waals surface area (Å²) in [4.78, 5) is 20.7. The molecule has 3 saturated heterocycles. The molecule has 6 heteroatoms. The number of rotatable bonds is 0. The molecule has 1 aromatic rings. The lowest BCUT2D eigenvalue weighted by Gasteiger charge is -2.55. The zero-order chi connectivity index (χ0) is 13.6. The molecule has 1 aromatic heterocycles. The maximum Gasteiger partial charge on any atom is 0.346 e. The van der Waals surface area contributed by atoms with Crippen molar-refractivity contribution in [1.82, 2.24) is 24.6 Å². The molecule has 0 radical (unpaired) electrons. The molecule has 2 bridgehead atoms. The Labute approximate surface area is 113 Å². The van der Waals surface area contributed by atoms with Crippen LogP contribution in [0.3, 0.4) is 0 Å². The molecule has 104 valence electrons. The van der Waals surface area contributed by atoms with E-state index in [1.165, 1.54) is 23.8 Å². The van der Waals surface area contributed by atoms with Crippen LogP contribution >= 0.6 is 0 Å². The Balaban J connectivity index is 1.77. The first kappa shape index (κ1) is 12.6. The quantitative estimate of drug-likeness (QED) is 0.705. The Hall–Kier alpha value is -1.43. The van der Waals surface area contributed by atoms with Crippen molar-refractivity contribution in [2.24, 2.45) is 0 Å². The van der Waals surface area contributed by atoms with Gasteiger partial charge in [-0.3, -0.25) is 4.90 Å². The molecule has 0 aliphatic carbocycles. The third kappa shape index (κ3) is 2.14. The first-order chi connectivity index (χ1) is 8.97. The lowest BCUT2D eigenvalue weighted by Crippen LogP contribution is -2.68. The molecule has 19 heavy (non-hydrogen) atoms. The fourth-order valence-corrected chi connectivity index (χ4v) is 3.32. The molecule has 0 aromatic carbocycles. The van der Waals surface area contributed by atoms with Crippen molar-refractivity contribution in [1.29, 1.82) is 0 Å². The second-order valence-electron chi connectivity index (χ2n) is 6.48. The molecule has 3 aliphatic rings. The molecule has 0 spiro atoms. The highest BCUT2D eigenvalue weighted by atomic mass is 16.2. The largest absolute Gasteiger partial charge is 0.346 e. The van der Waals surface area contributed by atoms with Gasteiger partial charge in [0, 0.05) is 30.7 Å². The number of piperidine rings is 2. The van der Waals surface area contributed by atoms with Crippen molar-refractivity contribution in [3.63, 3.8) is 0 Å². The van der Waals surface area contributed by atoms with E-state index in [1.807, 2.05) is 4.90 Å². The predicted molar refractivity (Wildman–Crippen MR) is 70.8 cm³/mol. The fraction of sp³-hybridized carbons (Fsp3) is 0.769. The maximum atomic E-state index is 12.4. The Morgan fingerprint density at radius 2 is 1.95 bits per heavy atom. The zero-order valence-corrected chi connectivity index (χ0v) is 11.8. The number of piperazine rings is 1. The third-order valence-corrected chi connectivity index (χ3v) is 4.25. The number of fused-ring (bicyclic) bond motifs is 3. The average Bonchev–Trinajstić information content (AvgIpc) is 2.91. The van der Waals surface area contributed by atoms with E-state index < -0.39 is 0 Å². The molecule has 4 rings (SSSR count). The predicted octanol–water partition coefficient (Wildman–Crippen LogP) is 1.19. The Bertz CT molecular complexity index is 464. The molecule has 0 N–H and O–H groups in total. The average molecular weight is 263 g/mol. The van der Waals surface area contributed by atoms with Crippen LogP contribution < -0.4 is 0 Å². The highest BCUT2D eigenvalue weighted by Crippen LogP contribution is 2.33. The number of hydrogen-bond donors (Lipinski definition) is 0. The van der Waals surface area contributed by atoms with Gasteiger partial charge in [0.15, 0.2) is 0 Å². The highest BCUT2D eigenvalue weighted by molar-refractivity contribution is 5.76. The highest BCUT2D eigenvalue weighted by Gasteiger charge is 2.44. The Morgan fingerprint density at radius 3 is 2.47 bits per heavy atom. The summed E-state index contributed by atoms with van der Waals surface area (Å²) in [5.41, 5.74) is 0.172. The van der Waals surface area contributed by atoms with Crippen molar-refractivity contribution in [3.8, 4) is 0 Å². The topological polar surface area (TPSA) is 54.3 Å². The van der Waals surface area contributed by atoms with Gasteiger partial charge in [0.25, 0.3) is 0 Å². The standard InChI is InChI=1S/C13H21N5O/c1-13(2,3)17-7-10-4-5-11(17)6-16(10)12(19)18-9-14-8-15-18/h8-11H,4-7H2,1-3H3. The number of amides is 1. The summed E-state index contributed by atoms with van der Waals surface area (Å²) in [6.07, 6.45) is 5.16. The number of aromatic nitrogens is 3. The van der Waals surface area contributed by atoms with Gasteiger partial charge in [-0.2, -0.15) is 9.78 Å². The van der Waals surface area contributed by atoms with Gasteiger partial charge in [-0.1, -0.05) is 0 Å². The molecule has 0 saturated carbocycles. The molecular weight excluding hydrogens is 242 g/mol. The second kappa shape index (κ2) is 4.30. The van der Waals surface area contributed by atoms with Crippen LogP contribution in [0.2, 0.25) is 0 Å². The summed E-state index contributed by atoms with van der Waals surface area (Å²) >= 11 is 0. The minimum Gasteiger partial charge on any atom is -0.317 e. The first-order valence-electron chi connectivity index (χ1n) is 6.89. The van der Waals surface area contributed by atoms with Crippen molar-refractivity contribution in [2.75, 3.05) is 13.1 Å². The molecule has 1 amide bonds. The fourth-order valence-electron chi connectivity index (χ4n) is 3.32. The van der Waals surface area contributed by atoms with E-state index in [0.29, 0.717) is 12.1 Å². The van der Waals surface area contributed by atoms with E-state index in [2.05, 4.69) is 35.8 Å². The van der Waals surface area contributed by atoms with Gasteiger partial charge in [-0.15, -0.1) is 0 Å². The number of nitrogens with zero attached hydrogens (tertiary/aromatic N) is 5. The van der Waals surface area contributed by atoms with E-state index >= 15 is 0 Å². The molecule has 2 unspecified atom stereocenters. The SMILES string of the molecule is CC(C)(C)N1CC2CCC1CN2C(=O)n1cncn1. The van der Waals surface area contributed by atoms with Crippen molar-refractivity contribution in [3.05, 3.63) is 12.7 Å². The number of hydrogen-bond acceptors (Lipinski definition) is 4. The van der Waals surface area contributed by atoms with E-state index in [-0.39, 0.29) is 11.6 Å². The smallest absolute Gasteiger partial charge is 0.317 e. The lowest BCUT2D eigenvalue weighted by atomic mass is 9.87. The number of carbonyl (C=O) groups is 1. The Morgan fingerprint density at radius 1 is 1.21 bits per heavy atom. The van der Waals surface area contributed by atoms with Gasteiger partial charge in [-0.05, 0) is 33.6 Å². The van der Waals surface area contributed by atoms with Crippen LogP contribution in [-0.4, -0.2) is 61.3 Å². The summed E-state index contributed by atoms with van der Waals surface area (Å²) in [5.74, 6) is 0. The zero-order valence-electron chi connectivity index (χ0n) is 11.8. The normalized spacial score (nSPS) is 27.8. The second-order valence-corrected chi connectivity index (χ2v) is 6.48. The van der Waals surface area contributed by atoms with Gasteiger partial charge in [0.2, 0.25) is 0 Å². The summed E-state index contributed by atoms with van der Waals surface area (Å²) in [7, 11) is 0. The van der Waals surface area contributed by atoms with E-state index in [0.717, 1.165) is 19.5 Å². The van der Waals surface area contributed by atoms with Crippen LogP contribution in [0.4, 0.5) is 4.79 Å². The Kier molecular flexibility index (Phi) is 2.85. The van der Waals surface area contributed by atoms with Gasteiger partial charge >= 0.3 is 6.03 Å². The maximum absolute atomic E-state index is 12.4. The van der Waals surface area contributed by atoms with Crippen molar-refractivity contribution < 1.29 is 4.79 Å². The first-order valence-corrected chi connectivity index (χ1v) is 6.89. The van der Waals surface area contributed by atoms with Gasteiger partial charge in [0.1, 0.15) is 12.7 Å². The van der Waals surface area contributed by atoms with Crippen LogP contribution in [0.5, 0.6) is 0 Å². The molecule has 6 nitrogen and oxygen atoms in total. The molecule has 3 fully saturated rings. The lowest BCUT2D eigenvalue weighted by molar-refractivity contribution is -0.0459. The monoisotopic (exact) mass is 263 g/mol. The van der Waals surface area contributed by atoms with Crippen LogP contribution in [0.15, 0.2) is 12.7 Å².